The van der Waals surface area contributed by atoms with Crippen LogP contribution in [0.15, 0.2) is 36.4 Å². The maximum Gasteiger partial charge on any atom is 0.573 e. The zero-order chi connectivity index (χ0) is 22.2. The zero-order valence-corrected chi connectivity index (χ0v) is 15.8. The van der Waals surface area contributed by atoms with Crippen molar-refractivity contribution < 1.29 is 50.0 Å². The lowest BCUT2D eigenvalue weighted by atomic mass is 10.1. The molecule has 0 saturated carbocycles. The van der Waals surface area contributed by atoms with Gasteiger partial charge in [-0.1, -0.05) is 0 Å². The van der Waals surface area contributed by atoms with Crippen molar-refractivity contribution in [2.24, 2.45) is 0 Å². The molecule has 0 spiro atoms. The highest BCUT2D eigenvalue weighted by atomic mass is 19.4. The van der Waals surface area contributed by atoms with Crippen LogP contribution in [0, 0.1) is 0 Å². The molecule has 0 aromatic heterocycles. The summed E-state index contributed by atoms with van der Waals surface area (Å²) in [6, 6.07) is 7.24. The molecule has 2 aromatic rings. The van der Waals surface area contributed by atoms with E-state index in [1.54, 1.807) is 0 Å². The number of alkyl halides is 6. The quantitative estimate of drug-likeness (QED) is 0.411. The van der Waals surface area contributed by atoms with Gasteiger partial charge >= 0.3 is 12.7 Å². The first-order chi connectivity index (χ1) is 14.5. The van der Waals surface area contributed by atoms with Gasteiger partial charge in [0, 0.05) is 24.0 Å². The van der Waals surface area contributed by atoms with Crippen molar-refractivity contribution in [2.45, 2.75) is 37.8 Å². The van der Waals surface area contributed by atoms with Crippen molar-refractivity contribution in [2.75, 3.05) is 13.2 Å². The predicted octanol–water partition coefficient (Wildman–Crippen LogP) is 5.16. The Hall–Kier alpha value is -2.66. The van der Waals surface area contributed by atoms with Gasteiger partial charge in [0.05, 0.1) is 25.4 Å². The summed E-state index contributed by atoms with van der Waals surface area (Å²) in [6.45, 7) is 0.940. The molecule has 168 valence electrons. The van der Waals surface area contributed by atoms with Crippen LogP contribution in [-0.2, 0) is 22.3 Å². The second kappa shape index (κ2) is 8.12. The van der Waals surface area contributed by atoms with Crippen LogP contribution >= 0.6 is 0 Å². The van der Waals surface area contributed by atoms with E-state index in [4.69, 9.17) is 14.2 Å². The minimum atomic E-state index is -4.85. The van der Waals surface area contributed by atoms with Gasteiger partial charge in [-0.3, -0.25) is 0 Å². The van der Waals surface area contributed by atoms with Crippen LogP contribution in [-0.4, -0.2) is 38.1 Å². The molecule has 0 N–H and O–H groups in total. The Kier molecular flexibility index (Phi) is 5.65. The number of epoxide rings is 2. The Labute approximate surface area is 172 Å². The van der Waals surface area contributed by atoms with E-state index < -0.39 is 24.2 Å². The van der Waals surface area contributed by atoms with Crippen LogP contribution in [0.5, 0.6) is 23.0 Å². The van der Waals surface area contributed by atoms with Crippen molar-refractivity contribution in [3.8, 4) is 23.0 Å². The Balaban J connectivity index is 1.60. The van der Waals surface area contributed by atoms with E-state index in [0.717, 1.165) is 12.1 Å². The molecule has 0 radical (unpaired) electrons. The van der Waals surface area contributed by atoms with E-state index in [0.29, 0.717) is 37.2 Å². The molecule has 2 atom stereocenters. The summed E-state index contributed by atoms with van der Waals surface area (Å²) in [6.07, 6.45) is -9.40. The average Bonchev–Trinajstić information content (AvgIpc) is 3.53. The molecule has 2 saturated heterocycles. The van der Waals surface area contributed by atoms with Crippen molar-refractivity contribution in [3.63, 3.8) is 0 Å². The van der Waals surface area contributed by atoms with E-state index >= 15 is 0 Å². The van der Waals surface area contributed by atoms with E-state index in [9.17, 15) is 26.3 Å². The largest absolute Gasteiger partial charge is 0.573 e. The van der Waals surface area contributed by atoms with Gasteiger partial charge in [0.15, 0.2) is 0 Å². The number of benzene rings is 2. The van der Waals surface area contributed by atoms with Gasteiger partial charge in [0.2, 0.25) is 0 Å². The second-order valence-electron chi connectivity index (χ2n) is 7.06. The third-order valence-electron chi connectivity index (χ3n) is 4.45. The fourth-order valence-electron chi connectivity index (χ4n) is 3.00. The summed E-state index contributed by atoms with van der Waals surface area (Å²) in [5.41, 5.74) is 0.821. The highest BCUT2D eigenvalue weighted by Gasteiger charge is 2.33. The van der Waals surface area contributed by atoms with Gasteiger partial charge < -0.3 is 23.7 Å². The minimum absolute atomic E-state index is 0.148. The van der Waals surface area contributed by atoms with Crippen molar-refractivity contribution in [1.29, 1.82) is 0 Å². The molecule has 5 nitrogen and oxygen atoms in total. The van der Waals surface area contributed by atoms with Gasteiger partial charge in [-0.15, -0.1) is 26.3 Å². The standard InChI is InChI=1S/C20H16F6O5/c21-19(22,23)30-13-1-3-17(11(5-13)7-15-9-27-15)29-18-4-2-14(31-20(24,25)26)6-12(18)8-16-10-28-16/h1-6,15-16H,7-10H2/t15-,16-/m0/s1. The number of hydrogen-bond donors (Lipinski definition) is 0. The predicted molar refractivity (Wildman–Crippen MR) is 93.2 cm³/mol. The van der Waals surface area contributed by atoms with E-state index in [1.807, 2.05) is 0 Å². The molecule has 0 aliphatic carbocycles. The Morgan fingerprint density at radius 2 is 1.10 bits per heavy atom. The van der Waals surface area contributed by atoms with E-state index in [1.165, 1.54) is 24.3 Å². The van der Waals surface area contributed by atoms with Crippen LogP contribution in [0.1, 0.15) is 11.1 Å². The highest BCUT2D eigenvalue weighted by Crippen LogP contribution is 2.37. The lowest BCUT2D eigenvalue weighted by molar-refractivity contribution is -0.275. The normalized spacial score (nSPS) is 20.3. The fourth-order valence-corrected chi connectivity index (χ4v) is 3.00. The molecule has 31 heavy (non-hydrogen) atoms. The van der Waals surface area contributed by atoms with Crippen molar-refractivity contribution in [1.82, 2.24) is 0 Å². The lowest BCUT2D eigenvalue weighted by Gasteiger charge is -2.17. The van der Waals surface area contributed by atoms with Crippen LogP contribution in [0.2, 0.25) is 0 Å². The fraction of sp³-hybridized carbons (Fsp3) is 0.400. The molecule has 0 bridgehead atoms. The molecular formula is C20H16F6O5. The van der Waals surface area contributed by atoms with Gasteiger partial charge in [0.1, 0.15) is 23.0 Å². The maximum absolute atomic E-state index is 12.5. The number of halogens is 6. The summed E-state index contributed by atoms with van der Waals surface area (Å²) >= 11 is 0. The van der Waals surface area contributed by atoms with Gasteiger partial charge in [-0.25, -0.2) is 0 Å². The van der Waals surface area contributed by atoms with Crippen LogP contribution in [0.4, 0.5) is 26.3 Å². The Bertz CT molecular complexity index is 859. The maximum atomic E-state index is 12.5. The smallest absolute Gasteiger partial charge is 0.457 e. The van der Waals surface area contributed by atoms with Crippen molar-refractivity contribution >= 4 is 0 Å². The van der Waals surface area contributed by atoms with Crippen molar-refractivity contribution in [3.05, 3.63) is 47.5 Å². The van der Waals surface area contributed by atoms with Gasteiger partial charge in [-0.2, -0.15) is 0 Å². The second-order valence-corrected chi connectivity index (χ2v) is 7.06. The monoisotopic (exact) mass is 450 g/mol. The Morgan fingerprint density at radius 3 is 1.42 bits per heavy atom. The first kappa shape index (κ1) is 21.6. The summed E-state index contributed by atoms with van der Waals surface area (Å²) in [5.74, 6) is -0.327. The minimum Gasteiger partial charge on any atom is -0.457 e. The molecule has 2 heterocycles. The lowest BCUT2D eigenvalue weighted by Crippen LogP contribution is -2.17. The molecule has 2 aliphatic rings. The number of rotatable bonds is 8. The van der Waals surface area contributed by atoms with Crippen LogP contribution in [0.25, 0.3) is 0 Å². The summed E-state index contributed by atoms with van der Waals surface area (Å²) in [4.78, 5) is 0. The summed E-state index contributed by atoms with van der Waals surface area (Å²) in [7, 11) is 0. The topological polar surface area (TPSA) is 52.8 Å². The third-order valence-corrected chi connectivity index (χ3v) is 4.45. The molecule has 11 heteroatoms. The number of hydrogen-bond acceptors (Lipinski definition) is 5. The van der Waals surface area contributed by atoms with Gasteiger partial charge in [0.25, 0.3) is 0 Å². The third kappa shape index (κ3) is 6.66. The van der Waals surface area contributed by atoms with E-state index in [2.05, 4.69) is 9.47 Å². The summed E-state index contributed by atoms with van der Waals surface area (Å²) in [5, 5.41) is 0. The molecule has 2 aliphatic heterocycles. The number of ether oxygens (including phenoxy) is 5. The summed E-state index contributed by atoms with van der Waals surface area (Å²) < 4.78 is 99.4. The highest BCUT2D eigenvalue weighted by molar-refractivity contribution is 5.47. The van der Waals surface area contributed by atoms with Crippen LogP contribution in [0.3, 0.4) is 0 Å². The molecular weight excluding hydrogens is 434 g/mol. The van der Waals surface area contributed by atoms with Gasteiger partial charge in [-0.05, 0) is 36.4 Å². The molecule has 2 fully saturated rings. The molecule has 0 amide bonds. The first-order valence-corrected chi connectivity index (χ1v) is 9.22. The Morgan fingerprint density at radius 1 is 0.710 bits per heavy atom. The van der Waals surface area contributed by atoms with Crippen LogP contribution < -0.4 is 14.2 Å². The molecule has 4 rings (SSSR count). The van der Waals surface area contributed by atoms with E-state index in [-0.39, 0.29) is 23.7 Å². The average molecular weight is 450 g/mol. The zero-order valence-electron chi connectivity index (χ0n) is 15.8. The molecule has 0 unspecified atom stereocenters. The molecule has 2 aromatic carbocycles. The SMILES string of the molecule is FC(F)(F)Oc1ccc(Oc2ccc(OC(F)(F)F)cc2C[C@H]2CO2)c(C[C@H]2CO2)c1. The first-order valence-electron chi connectivity index (χ1n) is 9.22.